The second-order valence-electron chi connectivity index (χ2n) is 9.46. The Bertz CT molecular complexity index is 491. The van der Waals surface area contributed by atoms with Crippen LogP contribution in [-0.2, 0) is 4.74 Å². The van der Waals surface area contributed by atoms with Gasteiger partial charge < -0.3 is 14.9 Å². The van der Waals surface area contributed by atoms with Crippen molar-refractivity contribution in [1.82, 2.24) is 0 Å². The van der Waals surface area contributed by atoms with E-state index in [0.29, 0.717) is 11.8 Å². The fourth-order valence-electron chi connectivity index (χ4n) is 7.49. The molecule has 4 fully saturated rings. The van der Waals surface area contributed by atoms with E-state index in [-0.39, 0.29) is 35.1 Å². The molecule has 2 N–H and O–H groups in total. The molecular formula is C19H32O3. The predicted molar refractivity (Wildman–Crippen MR) is 85.4 cm³/mol. The third kappa shape index (κ3) is 1.45. The van der Waals surface area contributed by atoms with Gasteiger partial charge in [-0.2, -0.15) is 0 Å². The van der Waals surface area contributed by atoms with Crippen LogP contribution in [-0.4, -0.2) is 33.6 Å². The molecule has 2 aliphatic carbocycles. The maximum atomic E-state index is 12.0. The summed E-state index contributed by atoms with van der Waals surface area (Å²) in [5, 5.41) is 22.1. The summed E-state index contributed by atoms with van der Waals surface area (Å²) in [7, 11) is 0. The molecule has 2 bridgehead atoms. The zero-order valence-electron chi connectivity index (χ0n) is 14.6. The molecule has 3 heteroatoms. The lowest BCUT2D eigenvalue weighted by molar-refractivity contribution is -0.216. The van der Waals surface area contributed by atoms with Crippen molar-refractivity contribution >= 4 is 0 Å². The van der Waals surface area contributed by atoms with Crippen LogP contribution in [0, 0.1) is 29.1 Å². The van der Waals surface area contributed by atoms with Crippen LogP contribution in [0.2, 0.25) is 0 Å². The number of aliphatic hydroxyl groups is 2. The Balaban J connectivity index is 1.81. The highest BCUT2D eigenvalue weighted by Gasteiger charge is 2.79. The van der Waals surface area contributed by atoms with Crippen molar-refractivity contribution in [3.05, 3.63) is 0 Å². The van der Waals surface area contributed by atoms with Gasteiger partial charge in [-0.15, -0.1) is 0 Å². The van der Waals surface area contributed by atoms with Crippen molar-refractivity contribution < 1.29 is 14.9 Å². The van der Waals surface area contributed by atoms with Crippen molar-refractivity contribution in [2.45, 2.75) is 83.0 Å². The standard InChI is InChI=1S/C19H32O3/c1-12(2)13-5-6-14-16(13,3)7-9-18-10-8-17(4,22-18)15(11-20)19(14,18)21/h12-15,20-21H,5-11H2,1-4H3/t13-,14?,15+,16-,17-,18+,19+/m1/s1. The average Bonchev–Trinajstić information content (AvgIpc) is 3.02. The smallest absolute Gasteiger partial charge is 0.105 e. The van der Waals surface area contributed by atoms with E-state index in [1.54, 1.807) is 0 Å². The van der Waals surface area contributed by atoms with Crippen molar-refractivity contribution in [3.8, 4) is 0 Å². The minimum absolute atomic E-state index is 0.0493. The van der Waals surface area contributed by atoms with Gasteiger partial charge in [-0.1, -0.05) is 20.8 Å². The predicted octanol–water partition coefficient (Wildman–Crippen LogP) is 3.13. The molecule has 1 unspecified atom stereocenters. The summed E-state index contributed by atoms with van der Waals surface area (Å²) in [5.41, 5.74) is -1.34. The Morgan fingerprint density at radius 2 is 1.77 bits per heavy atom. The van der Waals surface area contributed by atoms with Gasteiger partial charge in [-0.05, 0) is 68.6 Å². The van der Waals surface area contributed by atoms with Crippen LogP contribution in [0.1, 0.15) is 66.2 Å². The summed E-state index contributed by atoms with van der Waals surface area (Å²) in [6.45, 7) is 9.23. The zero-order valence-corrected chi connectivity index (χ0v) is 14.6. The lowest BCUT2D eigenvalue weighted by Gasteiger charge is -2.58. The van der Waals surface area contributed by atoms with Crippen molar-refractivity contribution in [2.24, 2.45) is 29.1 Å². The van der Waals surface area contributed by atoms with Gasteiger partial charge in [0.05, 0.1) is 17.8 Å². The van der Waals surface area contributed by atoms with Gasteiger partial charge in [0.1, 0.15) is 5.60 Å². The SMILES string of the molecule is CC(C)[C@H]1CCC2[C@]1(C)CC[C@@]13CC[C@@](C)(O1)[C@H](CO)[C@@]23O. The first-order chi connectivity index (χ1) is 10.2. The molecule has 0 amide bonds. The van der Waals surface area contributed by atoms with Crippen LogP contribution in [0.15, 0.2) is 0 Å². The largest absolute Gasteiger partial charge is 0.396 e. The summed E-state index contributed by atoms with van der Waals surface area (Å²) in [6, 6.07) is 0. The van der Waals surface area contributed by atoms with Crippen molar-refractivity contribution in [2.75, 3.05) is 6.61 Å². The Kier molecular flexibility index (Phi) is 3.00. The molecule has 2 aliphatic heterocycles. The fourth-order valence-corrected chi connectivity index (χ4v) is 7.49. The molecule has 2 saturated carbocycles. The molecule has 2 saturated heterocycles. The maximum Gasteiger partial charge on any atom is 0.105 e. The van der Waals surface area contributed by atoms with Crippen LogP contribution >= 0.6 is 0 Å². The highest BCUT2D eigenvalue weighted by atomic mass is 16.6. The maximum absolute atomic E-state index is 12.0. The fraction of sp³-hybridized carbons (Fsp3) is 1.00. The molecule has 0 aromatic rings. The molecule has 3 nitrogen and oxygen atoms in total. The first-order valence-corrected chi connectivity index (χ1v) is 9.27. The molecule has 4 aliphatic rings. The molecule has 126 valence electrons. The third-order valence-electron chi connectivity index (χ3n) is 8.45. The van der Waals surface area contributed by atoms with E-state index in [1.807, 2.05) is 0 Å². The second kappa shape index (κ2) is 4.29. The summed E-state index contributed by atoms with van der Waals surface area (Å²) < 4.78 is 6.50. The first-order valence-electron chi connectivity index (χ1n) is 9.27. The topological polar surface area (TPSA) is 49.7 Å². The zero-order chi connectivity index (χ0) is 16.0. The molecule has 4 rings (SSSR count). The number of hydrogen-bond donors (Lipinski definition) is 2. The molecule has 0 radical (unpaired) electrons. The van der Waals surface area contributed by atoms with Gasteiger partial charge in [0.2, 0.25) is 0 Å². The quantitative estimate of drug-likeness (QED) is 0.824. The van der Waals surface area contributed by atoms with E-state index in [0.717, 1.165) is 32.1 Å². The molecular weight excluding hydrogens is 276 g/mol. The van der Waals surface area contributed by atoms with Crippen molar-refractivity contribution in [1.29, 1.82) is 0 Å². The van der Waals surface area contributed by atoms with Gasteiger partial charge in [-0.25, -0.2) is 0 Å². The summed E-state index contributed by atoms with van der Waals surface area (Å²) in [5.74, 6) is 1.50. The van der Waals surface area contributed by atoms with E-state index in [9.17, 15) is 10.2 Å². The van der Waals surface area contributed by atoms with Crippen LogP contribution in [0.5, 0.6) is 0 Å². The first kappa shape index (κ1) is 15.4. The van der Waals surface area contributed by atoms with Crippen LogP contribution in [0.25, 0.3) is 0 Å². The lowest BCUT2D eigenvalue weighted by Crippen LogP contribution is -2.67. The van der Waals surface area contributed by atoms with Crippen LogP contribution < -0.4 is 0 Å². The van der Waals surface area contributed by atoms with E-state index in [4.69, 9.17) is 4.74 Å². The van der Waals surface area contributed by atoms with Gasteiger partial charge in [0.15, 0.2) is 0 Å². The van der Waals surface area contributed by atoms with Gasteiger partial charge >= 0.3 is 0 Å². The summed E-state index contributed by atoms with van der Waals surface area (Å²) in [4.78, 5) is 0. The third-order valence-corrected chi connectivity index (χ3v) is 8.45. The number of rotatable bonds is 2. The Morgan fingerprint density at radius 1 is 1.09 bits per heavy atom. The average molecular weight is 308 g/mol. The normalized spacial score (nSPS) is 59.9. The molecule has 22 heavy (non-hydrogen) atoms. The second-order valence-corrected chi connectivity index (χ2v) is 9.46. The summed E-state index contributed by atoms with van der Waals surface area (Å²) >= 11 is 0. The molecule has 1 spiro atoms. The monoisotopic (exact) mass is 308 g/mol. The number of fused-ring (bicyclic) bond motifs is 3. The summed E-state index contributed by atoms with van der Waals surface area (Å²) in [6.07, 6.45) is 6.38. The Hall–Kier alpha value is -0.120. The van der Waals surface area contributed by atoms with Crippen LogP contribution in [0.4, 0.5) is 0 Å². The number of aliphatic hydroxyl groups excluding tert-OH is 1. The van der Waals surface area contributed by atoms with E-state index >= 15 is 0 Å². The van der Waals surface area contributed by atoms with Crippen molar-refractivity contribution in [3.63, 3.8) is 0 Å². The minimum Gasteiger partial charge on any atom is -0.396 e. The molecule has 7 atom stereocenters. The van der Waals surface area contributed by atoms with E-state index in [2.05, 4.69) is 27.7 Å². The van der Waals surface area contributed by atoms with Gasteiger partial charge in [-0.3, -0.25) is 0 Å². The number of hydrogen-bond acceptors (Lipinski definition) is 3. The molecule has 0 aromatic heterocycles. The molecule has 2 heterocycles. The van der Waals surface area contributed by atoms with Crippen LogP contribution in [0.3, 0.4) is 0 Å². The van der Waals surface area contributed by atoms with Gasteiger partial charge in [0.25, 0.3) is 0 Å². The van der Waals surface area contributed by atoms with E-state index < -0.39 is 5.60 Å². The Labute approximate surface area is 134 Å². The highest BCUT2D eigenvalue weighted by Crippen LogP contribution is 2.73. The lowest BCUT2D eigenvalue weighted by atomic mass is 9.47. The van der Waals surface area contributed by atoms with E-state index in [1.165, 1.54) is 6.42 Å². The highest BCUT2D eigenvalue weighted by molar-refractivity contribution is 5.28. The number of ether oxygens (including phenoxy) is 1. The van der Waals surface area contributed by atoms with Gasteiger partial charge in [0, 0.05) is 5.92 Å². The molecule has 0 aromatic carbocycles. The Morgan fingerprint density at radius 3 is 2.41 bits per heavy atom. The minimum atomic E-state index is -0.828.